The van der Waals surface area contributed by atoms with Crippen LogP contribution in [-0.4, -0.2) is 29.7 Å². The zero-order valence-electron chi connectivity index (χ0n) is 8.71. The Kier molecular flexibility index (Phi) is 3.15. The van der Waals surface area contributed by atoms with Crippen molar-refractivity contribution in [3.8, 4) is 0 Å². The maximum atomic E-state index is 12.0. The summed E-state index contributed by atoms with van der Waals surface area (Å²) in [5.41, 5.74) is 0. The second kappa shape index (κ2) is 4.21. The van der Waals surface area contributed by atoms with E-state index in [0.29, 0.717) is 11.8 Å². The van der Waals surface area contributed by atoms with E-state index in [1.54, 1.807) is 0 Å². The zero-order valence-corrected chi connectivity index (χ0v) is 10.3. The number of carbonyl (C=O) groups is 1. The Balaban J connectivity index is 1.87. The van der Waals surface area contributed by atoms with Crippen LogP contribution in [-0.2, 0) is 4.79 Å². The van der Waals surface area contributed by atoms with Crippen LogP contribution >= 0.6 is 15.9 Å². The van der Waals surface area contributed by atoms with Crippen molar-refractivity contribution in [1.82, 2.24) is 4.90 Å². The lowest BCUT2D eigenvalue weighted by Gasteiger charge is -2.15. The van der Waals surface area contributed by atoms with E-state index in [-0.39, 0.29) is 0 Å². The molecule has 1 amide bonds. The van der Waals surface area contributed by atoms with Gasteiger partial charge in [0.1, 0.15) is 0 Å². The van der Waals surface area contributed by atoms with Crippen LogP contribution in [0.1, 0.15) is 25.7 Å². The van der Waals surface area contributed by atoms with Crippen molar-refractivity contribution in [3.05, 3.63) is 0 Å². The highest BCUT2D eigenvalue weighted by Crippen LogP contribution is 2.55. The molecule has 0 radical (unpaired) electrons. The normalized spacial score (nSPS) is 34.9. The van der Waals surface area contributed by atoms with E-state index in [2.05, 4.69) is 15.9 Å². The van der Waals surface area contributed by atoms with Crippen LogP contribution in [0.2, 0.25) is 0 Å². The number of carbonyl (C=O) groups excluding carboxylic acids is 1. The van der Waals surface area contributed by atoms with Crippen LogP contribution in [0.25, 0.3) is 0 Å². The molecule has 3 heteroatoms. The highest BCUT2D eigenvalue weighted by atomic mass is 79.9. The first-order chi connectivity index (χ1) is 6.75. The molecule has 2 saturated carbocycles. The summed E-state index contributed by atoms with van der Waals surface area (Å²) in [7, 11) is 1.92. The van der Waals surface area contributed by atoms with Gasteiger partial charge < -0.3 is 4.90 Å². The van der Waals surface area contributed by atoms with E-state index in [9.17, 15) is 4.79 Å². The minimum Gasteiger partial charge on any atom is -0.345 e. The Morgan fingerprint density at radius 1 is 1.36 bits per heavy atom. The number of hydrogen-bond acceptors (Lipinski definition) is 1. The lowest BCUT2D eigenvalue weighted by atomic mass is 10.0. The Labute approximate surface area is 94.2 Å². The van der Waals surface area contributed by atoms with Gasteiger partial charge in [-0.2, -0.15) is 0 Å². The Morgan fingerprint density at radius 2 is 1.93 bits per heavy atom. The second-order valence-corrected chi connectivity index (χ2v) is 5.38. The van der Waals surface area contributed by atoms with E-state index in [1.807, 2.05) is 11.9 Å². The number of amides is 1. The fourth-order valence-electron chi connectivity index (χ4n) is 2.85. The maximum absolute atomic E-state index is 12.0. The van der Waals surface area contributed by atoms with Gasteiger partial charge in [-0.05, 0) is 24.7 Å². The SMILES string of the molecule is CN(CCBr)C(=O)C1C2CCCCC21. The lowest BCUT2D eigenvalue weighted by molar-refractivity contribution is -0.131. The van der Waals surface area contributed by atoms with Gasteiger partial charge in [0.2, 0.25) is 5.91 Å². The van der Waals surface area contributed by atoms with Crippen molar-refractivity contribution >= 4 is 21.8 Å². The number of alkyl halides is 1. The molecule has 0 aliphatic heterocycles. The molecule has 0 bridgehead atoms. The van der Waals surface area contributed by atoms with E-state index in [1.165, 1.54) is 25.7 Å². The molecular formula is C11H18BrNO. The molecule has 2 unspecified atom stereocenters. The lowest BCUT2D eigenvalue weighted by Crippen LogP contribution is -2.30. The molecule has 0 heterocycles. The molecule has 0 aromatic heterocycles. The third-order valence-corrected chi connectivity index (χ3v) is 4.09. The van der Waals surface area contributed by atoms with Gasteiger partial charge in [-0.15, -0.1) is 0 Å². The summed E-state index contributed by atoms with van der Waals surface area (Å²) in [5.74, 6) is 2.27. The average molecular weight is 260 g/mol. The van der Waals surface area contributed by atoms with Gasteiger partial charge in [-0.3, -0.25) is 4.79 Å². The van der Waals surface area contributed by atoms with E-state index in [0.717, 1.165) is 23.7 Å². The minimum atomic E-state index is 0.390. The predicted octanol–water partition coefficient (Wildman–Crippen LogP) is 2.28. The standard InChI is InChI=1S/C11H18BrNO/c1-13(7-6-12)11(14)10-8-4-2-3-5-9(8)10/h8-10H,2-7H2,1H3. The van der Waals surface area contributed by atoms with E-state index in [4.69, 9.17) is 0 Å². The molecule has 80 valence electrons. The van der Waals surface area contributed by atoms with Crippen molar-refractivity contribution in [1.29, 1.82) is 0 Å². The van der Waals surface area contributed by atoms with Gasteiger partial charge in [0.25, 0.3) is 0 Å². The summed E-state index contributed by atoms with van der Waals surface area (Å²) in [6, 6.07) is 0. The topological polar surface area (TPSA) is 20.3 Å². The Bertz CT molecular complexity index is 219. The fourth-order valence-corrected chi connectivity index (χ4v) is 3.38. The molecule has 0 N–H and O–H groups in total. The number of rotatable bonds is 3. The van der Waals surface area contributed by atoms with Gasteiger partial charge in [-0.25, -0.2) is 0 Å². The highest BCUT2D eigenvalue weighted by molar-refractivity contribution is 9.09. The predicted molar refractivity (Wildman–Crippen MR) is 60.4 cm³/mol. The maximum Gasteiger partial charge on any atom is 0.226 e. The molecule has 0 spiro atoms. The van der Waals surface area contributed by atoms with Gasteiger partial charge in [-0.1, -0.05) is 28.8 Å². The molecule has 2 aliphatic rings. The molecule has 2 atom stereocenters. The molecule has 0 aromatic carbocycles. The van der Waals surface area contributed by atoms with Crippen molar-refractivity contribution in [3.63, 3.8) is 0 Å². The molecule has 2 nitrogen and oxygen atoms in total. The summed E-state index contributed by atoms with van der Waals surface area (Å²) in [6.07, 6.45) is 5.27. The first-order valence-electron chi connectivity index (χ1n) is 5.56. The molecule has 14 heavy (non-hydrogen) atoms. The molecule has 2 rings (SSSR count). The molecule has 0 aromatic rings. The van der Waals surface area contributed by atoms with Gasteiger partial charge in [0.15, 0.2) is 0 Å². The van der Waals surface area contributed by atoms with Crippen LogP contribution in [0.3, 0.4) is 0 Å². The second-order valence-electron chi connectivity index (χ2n) is 4.59. The summed E-state index contributed by atoms with van der Waals surface area (Å²) < 4.78 is 0. The van der Waals surface area contributed by atoms with Crippen LogP contribution < -0.4 is 0 Å². The zero-order chi connectivity index (χ0) is 10.1. The van der Waals surface area contributed by atoms with Crippen LogP contribution in [0, 0.1) is 17.8 Å². The highest BCUT2D eigenvalue weighted by Gasteiger charge is 2.55. The number of halogens is 1. The summed E-state index contributed by atoms with van der Waals surface area (Å²) >= 11 is 3.37. The fraction of sp³-hybridized carbons (Fsp3) is 0.909. The number of hydrogen-bond donors (Lipinski definition) is 0. The average Bonchev–Trinajstić information content (AvgIpc) is 2.91. The van der Waals surface area contributed by atoms with Gasteiger partial charge in [0.05, 0.1) is 0 Å². The van der Waals surface area contributed by atoms with Gasteiger partial charge >= 0.3 is 0 Å². The van der Waals surface area contributed by atoms with E-state index < -0.39 is 0 Å². The van der Waals surface area contributed by atoms with E-state index >= 15 is 0 Å². The van der Waals surface area contributed by atoms with Crippen LogP contribution in [0.5, 0.6) is 0 Å². The van der Waals surface area contributed by atoms with Crippen LogP contribution in [0.15, 0.2) is 0 Å². The summed E-state index contributed by atoms with van der Waals surface area (Å²) in [6.45, 7) is 0.842. The number of fused-ring (bicyclic) bond motifs is 1. The third-order valence-electron chi connectivity index (χ3n) is 3.74. The van der Waals surface area contributed by atoms with Crippen molar-refractivity contribution in [2.75, 3.05) is 18.9 Å². The first kappa shape index (κ1) is 10.5. The molecule has 0 saturated heterocycles. The summed E-state index contributed by atoms with van der Waals surface area (Å²) in [5, 5.41) is 0.886. The number of nitrogens with zero attached hydrogens (tertiary/aromatic N) is 1. The Morgan fingerprint density at radius 3 is 2.43 bits per heavy atom. The Hall–Kier alpha value is -0.0500. The molecule has 2 fully saturated rings. The molecule has 2 aliphatic carbocycles. The minimum absolute atomic E-state index is 0.390. The molecular weight excluding hydrogens is 242 g/mol. The monoisotopic (exact) mass is 259 g/mol. The first-order valence-corrected chi connectivity index (χ1v) is 6.69. The van der Waals surface area contributed by atoms with Crippen molar-refractivity contribution in [2.24, 2.45) is 17.8 Å². The third kappa shape index (κ3) is 1.83. The quantitative estimate of drug-likeness (QED) is 0.713. The smallest absolute Gasteiger partial charge is 0.226 e. The van der Waals surface area contributed by atoms with Crippen molar-refractivity contribution in [2.45, 2.75) is 25.7 Å². The van der Waals surface area contributed by atoms with Crippen molar-refractivity contribution < 1.29 is 4.79 Å². The largest absolute Gasteiger partial charge is 0.345 e. The summed E-state index contributed by atoms with van der Waals surface area (Å²) in [4.78, 5) is 13.9. The van der Waals surface area contributed by atoms with Gasteiger partial charge in [0, 0.05) is 24.8 Å². The van der Waals surface area contributed by atoms with Crippen LogP contribution in [0.4, 0.5) is 0 Å².